The van der Waals surface area contributed by atoms with Gasteiger partial charge in [0.1, 0.15) is 5.75 Å². The second-order valence-corrected chi connectivity index (χ2v) is 7.04. The number of nitrogens with zero attached hydrogens (tertiary/aromatic N) is 4. The highest BCUT2D eigenvalue weighted by molar-refractivity contribution is 14.0. The maximum atomic E-state index is 5.55. The SMILES string of the molecule is CCNC(=NCc1cnn(C)c1)NCC(c1ccc(OC)cc1)N1CCOCC1.I. The lowest BCUT2D eigenvalue weighted by Crippen LogP contribution is -2.46. The van der Waals surface area contributed by atoms with Crippen molar-refractivity contribution in [3.05, 3.63) is 47.8 Å². The number of morpholine rings is 1. The Morgan fingerprint density at radius 2 is 1.97 bits per heavy atom. The number of nitrogens with one attached hydrogen (secondary N) is 2. The molecule has 0 radical (unpaired) electrons. The molecule has 9 heteroatoms. The number of hydrogen-bond acceptors (Lipinski definition) is 5. The van der Waals surface area contributed by atoms with Gasteiger partial charge in [-0.3, -0.25) is 9.58 Å². The molecule has 166 valence electrons. The number of halogens is 1. The molecule has 30 heavy (non-hydrogen) atoms. The Kier molecular flexibility index (Phi) is 10.4. The second kappa shape index (κ2) is 12.8. The summed E-state index contributed by atoms with van der Waals surface area (Å²) in [6.07, 6.45) is 3.84. The second-order valence-electron chi connectivity index (χ2n) is 7.04. The number of rotatable bonds is 8. The van der Waals surface area contributed by atoms with E-state index in [2.05, 4.69) is 39.7 Å². The van der Waals surface area contributed by atoms with Crippen LogP contribution in [0.1, 0.15) is 24.1 Å². The number of methoxy groups -OCH3 is 1. The normalized spacial score (nSPS) is 15.9. The van der Waals surface area contributed by atoms with Gasteiger partial charge in [0.15, 0.2) is 5.96 Å². The third-order valence-corrected chi connectivity index (χ3v) is 4.97. The van der Waals surface area contributed by atoms with Gasteiger partial charge in [-0.05, 0) is 24.6 Å². The Balaban J connectivity index is 0.00000320. The number of aliphatic imine (C=N–C) groups is 1. The molecule has 2 N–H and O–H groups in total. The lowest BCUT2D eigenvalue weighted by Gasteiger charge is -2.35. The summed E-state index contributed by atoms with van der Waals surface area (Å²) in [4.78, 5) is 7.17. The largest absolute Gasteiger partial charge is 0.497 e. The molecule has 1 unspecified atom stereocenters. The van der Waals surface area contributed by atoms with Crippen molar-refractivity contribution in [2.45, 2.75) is 19.5 Å². The number of aromatic nitrogens is 2. The monoisotopic (exact) mass is 528 g/mol. The van der Waals surface area contributed by atoms with Crippen molar-refractivity contribution in [3.8, 4) is 5.75 Å². The van der Waals surface area contributed by atoms with Crippen molar-refractivity contribution < 1.29 is 9.47 Å². The summed E-state index contributed by atoms with van der Waals surface area (Å²) in [7, 11) is 3.61. The molecule has 8 nitrogen and oxygen atoms in total. The van der Waals surface area contributed by atoms with E-state index in [1.807, 2.05) is 31.6 Å². The van der Waals surface area contributed by atoms with Crippen molar-refractivity contribution in [1.29, 1.82) is 0 Å². The van der Waals surface area contributed by atoms with Crippen LogP contribution in [0.4, 0.5) is 0 Å². The fourth-order valence-corrected chi connectivity index (χ4v) is 3.43. The van der Waals surface area contributed by atoms with Crippen LogP contribution in [0.5, 0.6) is 5.75 Å². The lowest BCUT2D eigenvalue weighted by atomic mass is 10.0. The molecule has 0 saturated carbocycles. The summed E-state index contributed by atoms with van der Waals surface area (Å²) < 4.78 is 12.7. The van der Waals surface area contributed by atoms with Crippen LogP contribution >= 0.6 is 24.0 Å². The molecular weight excluding hydrogens is 495 g/mol. The van der Waals surface area contributed by atoms with Gasteiger partial charge in [-0.25, -0.2) is 4.99 Å². The maximum absolute atomic E-state index is 5.55. The first kappa shape index (κ1) is 24.4. The van der Waals surface area contributed by atoms with Crippen molar-refractivity contribution >= 4 is 29.9 Å². The molecule has 0 amide bonds. The quantitative estimate of drug-likeness (QED) is 0.311. The van der Waals surface area contributed by atoms with Crippen molar-refractivity contribution in [3.63, 3.8) is 0 Å². The molecule has 2 aromatic rings. The molecule has 1 fully saturated rings. The summed E-state index contributed by atoms with van der Waals surface area (Å²) in [5, 5.41) is 11.1. The van der Waals surface area contributed by atoms with E-state index >= 15 is 0 Å². The van der Waals surface area contributed by atoms with E-state index in [-0.39, 0.29) is 30.0 Å². The van der Waals surface area contributed by atoms with Crippen molar-refractivity contribution in [2.24, 2.45) is 12.0 Å². The van der Waals surface area contributed by atoms with Gasteiger partial charge in [0.25, 0.3) is 0 Å². The minimum Gasteiger partial charge on any atom is -0.497 e. The van der Waals surface area contributed by atoms with Crippen molar-refractivity contribution in [2.75, 3.05) is 46.5 Å². The molecule has 1 aromatic carbocycles. The predicted octanol–water partition coefficient (Wildman–Crippen LogP) is 2.18. The summed E-state index contributed by atoms with van der Waals surface area (Å²) in [6.45, 7) is 7.60. The molecule has 0 aliphatic carbocycles. The van der Waals surface area contributed by atoms with Crippen LogP contribution in [0.3, 0.4) is 0 Å². The molecule has 1 aliphatic heterocycles. The zero-order valence-corrected chi connectivity index (χ0v) is 20.3. The van der Waals surface area contributed by atoms with E-state index in [4.69, 9.17) is 14.5 Å². The van der Waals surface area contributed by atoms with E-state index in [0.717, 1.165) is 56.7 Å². The third-order valence-electron chi connectivity index (χ3n) is 4.97. The molecular formula is C21H33IN6O2. The van der Waals surface area contributed by atoms with E-state index in [1.165, 1.54) is 5.56 Å². The van der Waals surface area contributed by atoms with Crippen LogP contribution in [0, 0.1) is 0 Å². The standard InChI is InChI=1S/C21H32N6O2.HI/c1-4-22-21(23-13-17-14-25-26(2)16-17)24-15-20(27-9-11-29-12-10-27)18-5-7-19(28-3)8-6-18;/h5-8,14,16,20H,4,9-13,15H2,1-3H3,(H2,22,23,24);1H. The first-order valence-corrected chi connectivity index (χ1v) is 10.1. The van der Waals surface area contributed by atoms with E-state index < -0.39 is 0 Å². The Hall–Kier alpha value is -1.85. The van der Waals surface area contributed by atoms with Crippen LogP contribution in [-0.4, -0.2) is 67.1 Å². The van der Waals surface area contributed by atoms with Gasteiger partial charge in [-0.1, -0.05) is 12.1 Å². The highest BCUT2D eigenvalue weighted by Gasteiger charge is 2.23. The van der Waals surface area contributed by atoms with Gasteiger partial charge < -0.3 is 20.1 Å². The van der Waals surface area contributed by atoms with Gasteiger partial charge >= 0.3 is 0 Å². The molecule has 3 rings (SSSR count). The van der Waals surface area contributed by atoms with E-state index in [9.17, 15) is 0 Å². The average molecular weight is 528 g/mol. The topological polar surface area (TPSA) is 75.9 Å². The summed E-state index contributed by atoms with van der Waals surface area (Å²) in [5.41, 5.74) is 2.34. The number of ether oxygens (including phenoxy) is 2. The highest BCUT2D eigenvalue weighted by atomic mass is 127. The Bertz CT molecular complexity index is 774. The summed E-state index contributed by atoms with van der Waals surface area (Å²) in [5.74, 6) is 1.68. The van der Waals surface area contributed by atoms with Crippen LogP contribution in [-0.2, 0) is 18.3 Å². The number of guanidine groups is 1. The molecule has 0 spiro atoms. The third kappa shape index (κ3) is 7.13. The molecule has 1 aromatic heterocycles. The molecule has 1 saturated heterocycles. The van der Waals surface area contributed by atoms with E-state index in [0.29, 0.717) is 6.54 Å². The van der Waals surface area contributed by atoms with Crippen LogP contribution in [0.2, 0.25) is 0 Å². The summed E-state index contributed by atoms with van der Waals surface area (Å²) in [6, 6.07) is 8.54. The Labute approximate surface area is 196 Å². The molecule has 0 bridgehead atoms. The first-order chi connectivity index (χ1) is 14.2. The first-order valence-electron chi connectivity index (χ1n) is 10.1. The van der Waals surface area contributed by atoms with Gasteiger partial charge in [0.05, 0.1) is 39.1 Å². The number of aryl methyl sites for hydroxylation is 1. The van der Waals surface area contributed by atoms with E-state index in [1.54, 1.807) is 11.8 Å². The van der Waals surface area contributed by atoms with Crippen LogP contribution < -0.4 is 15.4 Å². The summed E-state index contributed by atoms with van der Waals surface area (Å²) >= 11 is 0. The minimum atomic E-state index is 0. The van der Waals surface area contributed by atoms with Gasteiger partial charge in [-0.2, -0.15) is 5.10 Å². The Morgan fingerprint density at radius 3 is 2.57 bits per heavy atom. The molecule has 1 atom stereocenters. The fourth-order valence-electron chi connectivity index (χ4n) is 3.43. The zero-order valence-electron chi connectivity index (χ0n) is 18.0. The lowest BCUT2D eigenvalue weighted by molar-refractivity contribution is 0.0170. The highest BCUT2D eigenvalue weighted by Crippen LogP contribution is 2.23. The fraction of sp³-hybridized carbons (Fsp3) is 0.524. The van der Waals surface area contributed by atoms with Crippen LogP contribution in [0.15, 0.2) is 41.7 Å². The predicted molar refractivity (Wildman–Crippen MR) is 130 cm³/mol. The zero-order chi connectivity index (χ0) is 20.5. The van der Waals surface area contributed by atoms with Gasteiger partial charge in [0.2, 0.25) is 0 Å². The van der Waals surface area contributed by atoms with Crippen molar-refractivity contribution in [1.82, 2.24) is 25.3 Å². The Morgan fingerprint density at radius 1 is 1.23 bits per heavy atom. The maximum Gasteiger partial charge on any atom is 0.191 e. The average Bonchev–Trinajstić information content (AvgIpc) is 3.18. The number of benzene rings is 1. The smallest absolute Gasteiger partial charge is 0.191 e. The molecule has 1 aliphatic rings. The van der Waals surface area contributed by atoms with Gasteiger partial charge in [-0.15, -0.1) is 24.0 Å². The van der Waals surface area contributed by atoms with Gasteiger partial charge in [0, 0.05) is 45.0 Å². The molecule has 2 heterocycles. The van der Waals surface area contributed by atoms with Crippen LogP contribution in [0.25, 0.3) is 0 Å². The number of hydrogen-bond donors (Lipinski definition) is 2. The minimum absolute atomic E-state index is 0.